The molecule has 1 aromatic carbocycles. The van der Waals surface area contributed by atoms with Crippen LogP contribution in [0.4, 0.5) is 10.1 Å². The van der Waals surface area contributed by atoms with Crippen LogP contribution >= 0.6 is 0 Å². The van der Waals surface area contributed by atoms with E-state index in [9.17, 15) is 9.18 Å². The van der Waals surface area contributed by atoms with Gasteiger partial charge >= 0.3 is 0 Å². The number of Topliss-reactive ketones (excluding diaryl/α,β-unsaturated/α-hetero) is 1. The Morgan fingerprint density at radius 3 is 2.27 bits per heavy atom. The molecule has 3 rings (SSSR count). The molecule has 166 valence electrons. The Morgan fingerprint density at radius 2 is 1.70 bits per heavy atom. The number of benzene rings is 1. The fraction of sp³-hybridized carbons (Fsp3) is 0.667. The summed E-state index contributed by atoms with van der Waals surface area (Å²) >= 11 is 0. The third kappa shape index (κ3) is 7.07. The van der Waals surface area contributed by atoms with Crippen LogP contribution in [0.1, 0.15) is 44.2 Å². The van der Waals surface area contributed by atoms with Gasteiger partial charge < -0.3 is 4.90 Å². The zero-order chi connectivity index (χ0) is 22.1. The number of piperazine rings is 1. The zero-order valence-corrected chi connectivity index (χ0v) is 19.1. The number of anilines is 1. The largest absolute Gasteiger partial charge is 0.367 e. The molecular formula is C24H37FN4O. The maximum Gasteiger partial charge on any atom is 0.149 e. The number of nitriles is 1. The van der Waals surface area contributed by atoms with Crippen LogP contribution in [0, 0.1) is 36.9 Å². The van der Waals surface area contributed by atoms with Gasteiger partial charge in [-0.25, -0.2) is 4.39 Å². The Hall–Kier alpha value is -1.97. The Balaban J connectivity index is 0.00000101. The molecule has 0 radical (unpaired) electrons. The SMILES string of the molecule is CC#N.CC(=O)CN1CCC(CCN2CCN(c3ccc(C)c(C)c3F)CC2)CC1. The highest BCUT2D eigenvalue weighted by Crippen LogP contribution is 2.26. The predicted molar refractivity (Wildman–Crippen MR) is 120 cm³/mol. The summed E-state index contributed by atoms with van der Waals surface area (Å²) < 4.78 is 14.6. The first kappa shape index (κ1) is 24.3. The predicted octanol–water partition coefficient (Wildman–Crippen LogP) is 3.79. The van der Waals surface area contributed by atoms with Crippen LogP contribution in [0.5, 0.6) is 0 Å². The molecule has 5 nitrogen and oxygen atoms in total. The molecule has 2 aliphatic rings. The standard InChI is InChI=1S/C22H34FN3O.C2H3N/c1-17-4-5-21(22(23)19(17)3)26-14-12-24(13-15-26)9-6-20-7-10-25(11-8-20)16-18(2)27;1-2-3/h4-5,20H,6-16H2,1-3H3;1H3. The number of likely N-dealkylation sites (tertiary alicyclic amines) is 1. The maximum atomic E-state index is 14.6. The maximum absolute atomic E-state index is 14.6. The molecule has 0 saturated carbocycles. The summed E-state index contributed by atoms with van der Waals surface area (Å²) in [4.78, 5) is 18.2. The van der Waals surface area contributed by atoms with E-state index in [0.717, 1.165) is 68.5 Å². The molecule has 0 aliphatic carbocycles. The Bertz CT molecular complexity index is 729. The van der Waals surface area contributed by atoms with Crippen molar-refractivity contribution in [2.24, 2.45) is 5.92 Å². The first-order valence-corrected chi connectivity index (χ1v) is 11.1. The first-order chi connectivity index (χ1) is 14.3. The van der Waals surface area contributed by atoms with E-state index in [4.69, 9.17) is 5.26 Å². The van der Waals surface area contributed by atoms with Gasteiger partial charge in [-0.05, 0) is 82.8 Å². The van der Waals surface area contributed by atoms with E-state index in [1.807, 2.05) is 26.0 Å². The van der Waals surface area contributed by atoms with Crippen LogP contribution in [-0.2, 0) is 4.79 Å². The molecule has 0 aromatic heterocycles. The van der Waals surface area contributed by atoms with E-state index in [2.05, 4.69) is 14.7 Å². The normalized spacial score (nSPS) is 18.5. The minimum Gasteiger partial charge on any atom is -0.367 e. The van der Waals surface area contributed by atoms with Gasteiger partial charge in [0.1, 0.15) is 11.6 Å². The van der Waals surface area contributed by atoms with Crippen molar-refractivity contribution in [3.8, 4) is 6.07 Å². The van der Waals surface area contributed by atoms with Crippen LogP contribution in [0.3, 0.4) is 0 Å². The number of nitrogens with zero attached hydrogens (tertiary/aromatic N) is 4. The average molecular weight is 417 g/mol. The van der Waals surface area contributed by atoms with Crippen molar-refractivity contribution >= 4 is 11.5 Å². The molecular weight excluding hydrogens is 379 g/mol. The fourth-order valence-electron chi connectivity index (χ4n) is 4.34. The highest BCUT2D eigenvalue weighted by molar-refractivity contribution is 5.77. The molecule has 0 amide bonds. The highest BCUT2D eigenvalue weighted by atomic mass is 19.1. The zero-order valence-electron chi connectivity index (χ0n) is 19.1. The summed E-state index contributed by atoms with van der Waals surface area (Å²) in [5.74, 6) is 0.996. The topological polar surface area (TPSA) is 50.6 Å². The average Bonchev–Trinajstić information content (AvgIpc) is 2.72. The van der Waals surface area contributed by atoms with Gasteiger partial charge in [0.15, 0.2) is 0 Å². The van der Waals surface area contributed by atoms with Gasteiger partial charge in [-0.1, -0.05) is 6.07 Å². The van der Waals surface area contributed by atoms with E-state index in [-0.39, 0.29) is 11.6 Å². The molecule has 6 heteroatoms. The van der Waals surface area contributed by atoms with Crippen molar-refractivity contribution in [3.63, 3.8) is 0 Å². The molecule has 0 spiro atoms. The molecule has 0 atom stereocenters. The summed E-state index contributed by atoms with van der Waals surface area (Å²) in [6.45, 7) is 14.6. The molecule has 2 fully saturated rings. The lowest BCUT2D eigenvalue weighted by Crippen LogP contribution is -2.47. The van der Waals surface area contributed by atoms with Crippen LogP contribution in [0.2, 0.25) is 0 Å². The lowest BCUT2D eigenvalue weighted by Gasteiger charge is -2.38. The van der Waals surface area contributed by atoms with E-state index < -0.39 is 0 Å². The van der Waals surface area contributed by atoms with Gasteiger partial charge in [-0.15, -0.1) is 0 Å². The van der Waals surface area contributed by atoms with Crippen LogP contribution in [0.15, 0.2) is 12.1 Å². The van der Waals surface area contributed by atoms with Crippen molar-refractivity contribution in [2.75, 3.05) is 57.3 Å². The number of aryl methyl sites for hydroxylation is 1. The van der Waals surface area contributed by atoms with Gasteiger partial charge in [0.2, 0.25) is 0 Å². The summed E-state index contributed by atoms with van der Waals surface area (Å²) in [5.41, 5.74) is 2.55. The summed E-state index contributed by atoms with van der Waals surface area (Å²) in [5, 5.41) is 7.32. The van der Waals surface area contributed by atoms with Crippen LogP contribution in [-0.4, -0.2) is 67.9 Å². The summed E-state index contributed by atoms with van der Waals surface area (Å²) in [6.07, 6.45) is 3.66. The minimum atomic E-state index is -0.0548. The molecule has 2 aliphatic heterocycles. The van der Waals surface area contributed by atoms with E-state index in [1.165, 1.54) is 26.2 Å². The second-order valence-corrected chi connectivity index (χ2v) is 8.60. The summed E-state index contributed by atoms with van der Waals surface area (Å²) in [6, 6.07) is 5.71. The smallest absolute Gasteiger partial charge is 0.149 e. The third-order valence-corrected chi connectivity index (χ3v) is 6.36. The number of rotatable bonds is 6. The van der Waals surface area contributed by atoms with Gasteiger partial charge in [0, 0.05) is 33.1 Å². The molecule has 0 bridgehead atoms. The Labute approximate surface area is 181 Å². The van der Waals surface area contributed by atoms with Crippen molar-refractivity contribution in [1.29, 1.82) is 5.26 Å². The third-order valence-electron chi connectivity index (χ3n) is 6.36. The number of halogens is 1. The first-order valence-electron chi connectivity index (χ1n) is 11.1. The van der Waals surface area contributed by atoms with Crippen molar-refractivity contribution in [3.05, 3.63) is 29.1 Å². The van der Waals surface area contributed by atoms with Gasteiger partial charge in [0.05, 0.1) is 18.3 Å². The second-order valence-electron chi connectivity index (χ2n) is 8.60. The molecule has 30 heavy (non-hydrogen) atoms. The molecule has 0 N–H and O–H groups in total. The molecule has 1 aromatic rings. The van der Waals surface area contributed by atoms with Crippen molar-refractivity contribution in [1.82, 2.24) is 9.80 Å². The van der Waals surface area contributed by atoms with Crippen LogP contribution < -0.4 is 4.90 Å². The Morgan fingerprint density at radius 1 is 1.10 bits per heavy atom. The number of carbonyl (C=O) groups is 1. The number of carbonyl (C=O) groups excluding carboxylic acids is 1. The molecule has 2 saturated heterocycles. The molecule has 0 unspecified atom stereocenters. The van der Waals surface area contributed by atoms with E-state index in [1.54, 1.807) is 13.0 Å². The number of piperidine rings is 1. The van der Waals surface area contributed by atoms with Crippen LogP contribution in [0.25, 0.3) is 0 Å². The van der Waals surface area contributed by atoms with Crippen molar-refractivity contribution < 1.29 is 9.18 Å². The highest BCUT2D eigenvalue weighted by Gasteiger charge is 2.23. The summed E-state index contributed by atoms with van der Waals surface area (Å²) in [7, 11) is 0. The van der Waals surface area contributed by atoms with Gasteiger partial charge in [0.25, 0.3) is 0 Å². The number of hydrogen-bond donors (Lipinski definition) is 0. The van der Waals surface area contributed by atoms with Crippen molar-refractivity contribution in [2.45, 2.75) is 47.0 Å². The molecule has 2 heterocycles. The fourth-order valence-corrected chi connectivity index (χ4v) is 4.34. The number of ketones is 1. The Kier molecular flexibility index (Phi) is 9.74. The van der Waals surface area contributed by atoms with Gasteiger partial charge in [-0.2, -0.15) is 5.26 Å². The second kappa shape index (κ2) is 12.0. The minimum absolute atomic E-state index is 0.0548. The quantitative estimate of drug-likeness (QED) is 0.706. The number of hydrogen-bond acceptors (Lipinski definition) is 5. The lowest BCUT2D eigenvalue weighted by atomic mass is 9.93. The lowest BCUT2D eigenvalue weighted by molar-refractivity contribution is -0.118. The van der Waals surface area contributed by atoms with E-state index >= 15 is 0 Å². The van der Waals surface area contributed by atoms with E-state index in [0.29, 0.717) is 6.54 Å². The monoisotopic (exact) mass is 416 g/mol. The van der Waals surface area contributed by atoms with Gasteiger partial charge in [-0.3, -0.25) is 14.6 Å².